The zero-order chi connectivity index (χ0) is 24.4. The first-order valence-electron chi connectivity index (χ1n) is 11.4. The summed E-state index contributed by atoms with van der Waals surface area (Å²) in [6.45, 7) is 3.73. The van der Waals surface area contributed by atoms with Crippen LogP contribution in [0.3, 0.4) is 0 Å². The maximum Gasteiger partial charge on any atom is 0.410 e. The van der Waals surface area contributed by atoms with Gasteiger partial charge in [0.15, 0.2) is 5.82 Å². The number of ether oxygens (including phenoxy) is 1. The van der Waals surface area contributed by atoms with E-state index >= 15 is 0 Å². The Bertz CT molecular complexity index is 1360. The van der Waals surface area contributed by atoms with Crippen LogP contribution in [0.2, 0.25) is 0 Å². The van der Waals surface area contributed by atoms with E-state index in [0.717, 1.165) is 11.1 Å². The van der Waals surface area contributed by atoms with E-state index in [0.29, 0.717) is 42.2 Å². The van der Waals surface area contributed by atoms with Gasteiger partial charge in [-0.25, -0.2) is 19.2 Å². The Balaban J connectivity index is 0.00000304. The molecule has 8 nitrogen and oxygen atoms in total. The zero-order valence-corrected chi connectivity index (χ0v) is 20.8. The Labute approximate surface area is 215 Å². The monoisotopic (exact) mass is 506 g/mol. The van der Waals surface area contributed by atoms with Crippen LogP contribution in [-0.2, 0) is 11.3 Å². The predicted octanol–water partition coefficient (Wildman–Crippen LogP) is 4.37. The summed E-state index contributed by atoms with van der Waals surface area (Å²) >= 11 is 0. The predicted molar refractivity (Wildman–Crippen MR) is 143 cm³/mol. The highest BCUT2D eigenvalue weighted by atomic mass is 32.1. The van der Waals surface area contributed by atoms with Crippen molar-refractivity contribution in [2.24, 2.45) is 0 Å². The molecule has 2 aromatic heterocycles. The molecule has 0 radical (unpaired) electrons. The van der Waals surface area contributed by atoms with Crippen LogP contribution in [0.15, 0.2) is 66.7 Å². The Morgan fingerprint density at radius 2 is 1.78 bits per heavy atom. The number of nitrogen functional groups attached to an aromatic ring is 1. The molecule has 1 amide bonds. The summed E-state index contributed by atoms with van der Waals surface area (Å²) in [5.74, 6) is 0.460. The fourth-order valence-corrected chi connectivity index (χ4v) is 4.25. The Hall–Kier alpha value is -3.92. The molecule has 0 aliphatic carbocycles. The molecule has 186 valence electrons. The summed E-state index contributed by atoms with van der Waals surface area (Å²) in [6.07, 6.45) is -0.343. The number of benzene rings is 2. The summed E-state index contributed by atoms with van der Waals surface area (Å²) in [5.41, 5.74) is 9.65. The highest BCUT2D eigenvalue weighted by molar-refractivity contribution is 7.59. The van der Waals surface area contributed by atoms with Gasteiger partial charge in [-0.3, -0.25) is 0 Å². The van der Waals surface area contributed by atoms with E-state index in [9.17, 15) is 9.18 Å². The van der Waals surface area contributed by atoms with Gasteiger partial charge in [-0.15, -0.1) is 0 Å². The number of pyridine rings is 1. The quantitative estimate of drug-likeness (QED) is 0.439. The molecule has 0 saturated carbocycles. The maximum atomic E-state index is 13.4. The molecule has 10 heteroatoms. The third kappa shape index (κ3) is 5.33. The summed E-state index contributed by atoms with van der Waals surface area (Å²) in [5, 5.41) is 0. The summed E-state index contributed by atoms with van der Waals surface area (Å²) < 4.78 is 18.9. The Morgan fingerprint density at radius 3 is 2.50 bits per heavy atom. The molecule has 1 aliphatic rings. The lowest BCUT2D eigenvalue weighted by atomic mass is 10.1. The van der Waals surface area contributed by atoms with Crippen molar-refractivity contribution < 1.29 is 13.9 Å². The van der Waals surface area contributed by atoms with Crippen LogP contribution in [0.1, 0.15) is 12.5 Å². The topological polar surface area (TPSA) is 97.5 Å². The molecule has 0 unspecified atom stereocenters. The largest absolute Gasteiger partial charge is 0.445 e. The number of halogens is 1. The lowest BCUT2D eigenvalue weighted by molar-refractivity contribution is 0.0898. The second-order valence-corrected chi connectivity index (χ2v) is 8.51. The molecule has 2 N–H and O–H groups in total. The minimum absolute atomic E-state index is 0. The number of anilines is 2. The minimum Gasteiger partial charge on any atom is -0.445 e. The smallest absolute Gasteiger partial charge is 0.410 e. The lowest BCUT2D eigenvalue weighted by Gasteiger charge is -2.40. The third-order valence-electron chi connectivity index (χ3n) is 6.04. The number of amides is 1. The third-order valence-corrected chi connectivity index (χ3v) is 6.04. The Kier molecular flexibility index (Phi) is 7.54. The fraction of sp³-hybridized carbons (Fsp3) is 0.231. The number of nitrogens with two attached hydrogens (primary N) is 1. The first-order chi connectivity index (χ1) is 17.0. The van der Waals surface area contributed by atoms with Gasteiger partial charge in [0.25, 0.3) is 0 Å². The van der Waals surface area contributed by atoms with Crippen molar-refractivity contribution in [2.75, 3.05) is 30.3 Å². The molecule has 0 bridgehead atoms. The van der Waals surface area contributed by atoms with Crippen LogP contribution in [0, 0.1) is 5.82 Å². The highest BCUT2D eigenvalue weighted by Gasteiger charge is 2.30. The summed E-state index contributed by atoms with van der Waals surface area (Å²) in [7, 11) is 0. The lowest BCUT2D eigenvalue weighted by Crippen LogP contribution is -2.54. The van der Waals surface area contributed by atoms with E-state index in [2.05, 4.69) is 14.9 Å². The molecular formula is C26H27FN6O2S. The molecule has 0 spiro atoms. The van der Waals surface area contributed by atoms with E-state index in [1.165, 1.54) is 12.1 Å². The van der Waals surface area contributed by atoms with Gasteiger partial charge in [0.1, 0.15) is 17.9 Å². The zero-order valence-electron chi connectivity index (χ0n) is 19.8. The van der Waals surface area contributed by atoms with Gasteiger partial charge >= 0.3 is 6.09 Å². The first-order valence-corrected chi connectivity index (χ1v) is 11.4. The van der Waals surface area contributed by atoms with Gasteiger partial charge < -0.3 is 20.3 Å². The van der Waals surface area contributed by atoms with Gasteiger partial charge in [0.05, 0.1) is 11.2 Å². The molecule has 1 atom stereocenters. The van der Waals surface area contributed by atoms with Crippen molar-refractivity contribution in [3.05, 3.63) is 78.1 Å². The number of rotatable bonds is 4. The van der Waals surface area contributed by atoms with Crippen LogP contribution >= 0.6 is 13.5 Å². The molecule has 2 aromatic carbocycles. The van der Waals surface area contributed by atoms with Crippen molar-refractivity contribution >= 4 is 42.4 Å². The van der Waals surface area contributed by atoms with Crippen LogP contribution in [-0.4, -0.2) is 51.6 Å². The molecule has 36 heavy (non-hydrogen) atoms. The molecule has 1 aliphatic heterocycles. The van der Waals surface area contributed by atoms with Crippen molar-refractivity contribution in [3.63, 3.8) is 0 Å². The maximum absolute atomic E-state index is 13.4. The molecule has 1 saturated heterocycles. The van der Waals surface area contributed by atoms with E-state index in [4.69, 9.17) is 15.5 Å². The van der Waals surface area contributed by atoms with Gasteiger partial charge in [0, 0.05) is 31.2 Å². The van der Waals surface area contributed by atoms with Crippen molar-refractivity contribution in [1.29, 1.82) is 0 Å². The molecule has 3 heterocycles. The van der Waals surface area contributed by atoms with Crippen LogP contribution in [0.4, 0.5) is 21.0 Å². The van der Waals surface area contributed by atoms with Crippen molar-refractivity contribution in [3.8, 4) is 11.3 Å². The summed E-state index contributed by atoms with van der Waals surface area (Å²) in [4.78, 5) is 30.1. The normalized spacial score (nSPS) is 15.4. The minimum atomic E-state index is -0.343. The Morgan fingerprint density at radius 1 is 1.03 bits per heavy atom. The van der Waals surface area contributed by atoms with E-state index in [-0.39, 0.29) is 44.0 Å². The second-order valence-electron chi connectivity index (χ2n) is 8.51. The summed E-state index contributed by atoms with van der Waals surface area (Å²) in [6, 6.07) is 19.4. The van der Waals surface area contributed by atoms with Crippen LogP contribution < -0.4 is 10.6 Å². The van der Waals surface area contributed by atoms with E-state index in [1.807, 2.05) is 49.4 Å². The van der Waals surface area contributed by atoms with Crippen LogP contribution in [0.5, 0.6) is 0 Å². The van der Waals surface area contributed by atoms with Gasteiger partial charge in [-0.2, -0.15) is 18.5 Å². The second kappa shape index (κ2) is 10.8. The number of nitrogens with zero attached hydrogens (tertiary/aromatic N) is 5. The average Bonchev–Trinajstić information content (AvgIpc) is 2.87. The van der Waals surface area contributed by atoms with Gasteiger partial charge in [0.2, 0.25) is 5.95 Å². The van der Waals surface area contributed by atoms with Crippen molar-refractivity contribution in [2.45, 2.75) is 19.6 Å². The van der Waals surface area contributed by atoms with E-state index in [1.54, 1.807) is 17.0 Å². The standard InChI is InChI=1S/C26H25FN6O2.H2S/c1-17-15-32(26(34)35-16-18-5-3-2-4-6-18)13-14-33(17)24-23-22(30-25(28)31-24)12-11-21(29-23)19-7-9-20(27)10-8-19;/h2-12,17H,13-16H2,1H3,(H2,28,30,31);1H2/t17-;/m0./s1. The first kappa shape index (κ1) is 25.2. The number of fused-ring (bicyclic) bond motifs is 1. The molecule has 1 fully saturated rings. The van der Waals surface area contributed by atoms with E-state index < -0.39 is 0 Å². The molecule has 5 rings (SSSR count). The fourth-order valence-electron chi connectivity index (χ4n) is 4.25. The van der Waals surface area contributed by atoms with Gasteiger partial charge in [-0.1, -0.05) is 30.3 Å². The average molecular weight is 507 g/mol. The van der Waals surface area contributed by atoms with Crippen molar-refractivity contribution in [1.82, 2.24) is 19.9 Å². The number of piperazine rings is 1. The number of carbonyl (C=O) groups excluding carboxylic acids is 1. The molecule has 4 aromatic rings. The number of hydrogen-bond acceptors (Lipinski definition) is 7. The molecular weight excluding hydrogens is 479 g/mol. The van der Waals surface area contributed by atoms with Crippen LogP contribution in [0.25, 0.3) is 22.3 Å². The number of carbonyl (C=O) groups is 1. The van der Waals surface area contributed by atoms with Gasteiger partial charge in [-0.05, 0) is 48.9 Å². The number of aromatic nitrogens is 3. The SMILES string of the molecule is C[C@H]1CN(C(=O)OCc2ccccc2)CCN1c1nc(N)nc2ccc(-c3ccc(F)cc3)nc12.S. The highest BCUT2D eigenvalue weighted by Crippen LogP contribution is 2.29. The number of hydrogen-bond donors (Lipinski definition) is 1.